The molecule has 0 radical (unpaired) electrons. The van der Waals surface area contributed by atoms with Crippen molar-refractivity contribution in [1.82, 2.24) is 25.7 Å². The molecule has 11 heteroatoms. The van der Waals surface area contributed by atoms with Gasteiger partial charge in [0.1, 0.15) is 0 Å². The van der Waals surface area contributed by atoms with Crippen molar-refractivity contribution in [1.29, 1.82) is 0 Å². The summed E-state index contributed by atoms with van der Waals surface area (Å²) in [7, 11) is 1.77. The van der Waals surface area contributed by atoms with Crippen LogP contribution in [0.1, 0.15) is 5.56 Å². The molecule has 1 aromatic heterocycles. The zero-order valence-electron chi connectivity index (χ0n) is 14.6. The third kappa shape index (κ3) is 4.50. The number of nitrogens with one attached hydrogen (secondary N) is 3. The maximum absolute atomic E-state index is 5.40. The third-order valence-corrected chi connectivity index (χ3v) is 4.05. The summed E-state index contributed by atoms with van der Waals surface area (Å²) in [6.45, 7) is 3.45. The molecule has 0 spiro atoms. The molecule has 3 rings (SSSR count). The molecule has 5 N–H and O–H groups in total. The second kappa shape index (κ2) is 8.65. The normalized spacial score (nSPS) is 14.0. The van der Waals surface area contributed by atoms with Gasteiger partial charge in [-0.3, -0.25) is 10.9 Å². The van der Waals surface area contributed by atoms with Crippen molar-refractivity contribution in [3.05, 3.63) is 35.9 Å². The number of ether oxygens (including phenoxy) is 1. The number of nitrogens with zero attached hydrogens (tertiary/aromatic N) is 5. The molecular weight excluding hydrogens is 354 g/mol. The third-order valence-electron chi connectivity index (χ3n) is 3.85. The van der Waals surface area contributed by atoms with Gasteiger partial charge in [0.15, 0.2) is 0 Å². The SMILES string of the molecule is CN(NC(=S)NN)n1nc(N2CCOCC2)nc1NCc1ccccc1. The lowest BCUT2D eigenvalue weighted by Crippen LogP contribution is -2.52. The van der Waals surface area contributed by atoms with Crippen molar-refractivity contribution in [3.8, 4) is 0 Å². The molecule has 1 fully saturated rings. The van der Waals surface area contributed by atoms with E-state index in [0.717, 1.165) is 18.7 Å². The van der Waals surface area contributed by atoms with E-state index >= 15 is 0 Å². The van der Waals surface area contributed by atoms with E-state index in [1.54, 1.807) is 17.0 Å². The molecule has 0 atom stereocenters. The van der Waals surface area contributed by atoms with Crippen LogP contribution in [0.4, 0.5) is 11.9 Å². The lowest BCUT2D eigenvalue weighted by molar-refractivity contribution is 0.122. The highest BCUT2D eigenvalue weighted by Gasteiger charge is 2.20. The van der Waals surface area contributed by atoms with Crippen LogP contribution in [-0.4, -0.2) is 53.3 Å². The average Bonchev–Trinajstić information content (AvgIpc) is 3.12. The van der Waals surface area contributed by atoms with Crippen molar-refractivity contribution in [3.63, 3.8) is 0 Å². The monoisotopic (exact) mass is 377 g/mol. The van der Waals surface area contributed by atoms with Crippen molar-refractivity contribution >= 4 is 29.2 Å². The summed E-state index contributed by atoms with van der Waals surface area (Å²) in [5.41, 5.74) is 6.43. The van der Waals surface area contributed by atoms with Gasteiger partial charge in [-0.2, -0.15) is 4.98 Å². The van der Waals surface area contributed by atoms with Crippen LogP contribution in [0.2, 0.25) is 0 Å². The summed E-state index contributed by atoms with van der Waals surface area (Å²) in [6, 6.07) is 10.1. The van der Waals surface area contributed by atoms with E-state index in [9.17, 15) is 0 Å². The number of thiocarbonyl (C=S) groups is 1. The summed E-state index contributed by atoms with van der Waals surface area (Å²) in [4.78, 5) is 8.33. The van der Waals surface area contributed by atoms with Gasteiger partial charge in [-0.1, -0.05) is 30.3 Å². The number of aromatic nitrogens is 3. The molecule has 1 aliphatic rings. The Hall–Kier alpha value is -2.63. The Morgan fingerprint density at radius 1 is 1.31 bits per heavy atom. The second-order valence-electron chi connectivity index (χ2n) is 5.67. The molecule has 2 aromatic rings. The fourth-order valence-corrected chi connectivity index (χ4v) is 2.65. The van der Waals surface area contributed by atoms with E-state index in [4.69, 9.17) is 22.8 Å². The lowest BCUT2D eigenvalue weighted by atomic mass is 10.2. The van der Waals surface area contributed by atoms with Gasteiger partial charge in [-0.05, 0) is 17.8 Å². The molecule has 0 unspecified atom stereocenters. The first-order chi connectivity index (χ1) is 12.7. The maximum atomic E-state index is 5.40. The number of nitrogens with two attached hydrogens (primary N) is 1. The highest BCUT2D eigenvalue weighted by atomic mass is 32.1. The smallest absolute Gasteiger partial charge is 0.248 e. The van der Waals surface area contributed by atoms with Gasteiger partial charge in [0.2, 0.25) is 17.0 Å². The minimum atomic E-state index is 0.268. The topological polar surface area (TPSA) is 109 Å². The van der Waals surface area contributed by atoms with Crippen LogP contribution >= 0.6 is 12.2 Å². The summed E-state index contributed by atoms with van der Waals surface area (Å²) < 4.78 is 5.40. The number of hydrazine groups is 2. The quantitative estimate of drug-likeness (QED) is 0.300. The highest BCUT2D eigenvalue weighted by Crippen LogP contribution is 2.15. The Labute approximate surface area is 157 Å². The molecule has 0 saturated carbocycles. The van der Waals surface area contributed by atoms with Crippen LogP contribution in [0.15, 0.2) is 30.3 Å². The Morgan fingerprint density at radius 3 is 2.73 bits per heavy atom. The predicted molar refractivity (Wildman–Crippen MR) is 104 cm³/mol. The first kappa shape index (κ1) is 18.2. The van der Waals surface area contributed by atoms with Gasteiger partial charge < -0.3 is 15.0 Å². The number of morpholine rings is 1. The first-order valence-corrected chi connectivity index (χ1v) is 8.67. The van der Waals surface area contributed by atoms with Crippen LogP contribution in [-0.2, 0) is 11.3 Å². The predicted octanol–water partition coefficient (Wildman–Crippen LogP) is -0.453. The fraction of sp³-hybridized carbons (Fsp3) is 0.400. The number of benzene rings is 1. The number of rotatable bonds is 6. The van der Waals surface area contributed by atoms with Crippen LogP contribution in [0.3, 0.4) is 0 Å². The largest absolute Gasteiger partial charge is 0.378 e. The van der Waals surface area contributed by atoms with E-state index in [2.05, 4.69) is 31.2 Å². The molecule has 1 saturated heterocycles. The van der Waals surface area contributed by atoms with Crippen molar-refractivity contribution < 1.29 is 4.74 Å². The molecule has 2 heterocycles. The summed E-state index contributed by atoms with van der Waals surface area (Å²) >= 11 is 5.05. The van der Waals surface area contributed by atoms with Gasteiger partial charge in [-0.15, -0.1) is 9.89 Å². The van der Waals surface area contributed by atoms with Crippen molar-refractivity contribution in [2.45, 2.75) is 6.54 Å². The van der Waals surface area contributed by atoms with E-state index in [0.29, 0.717) is 31.7 Å². The van der Waals surface area contributed by atoms with Gasteiger partial charge >= 0.3 is 0 Å². The number of hydrogen-bond acceptors (Lipinski definition) is 8. The minimum absolute atomic E-state index is 0.268. The zero-order valence-corrected chi connectivity index (χ0v) is 15.4. The molecule has 140 valence electrons. The van der Waals surface area contributed by atoms with Crippen molar-refractivity contribution in [2.75, 3.05) is 48.7 Å². The molecule has 1 aromatic carbocycles. The molecule has 26 heavy (non-hydrogen) atoms. The van der Waals surface area contributed by atoms with E-state index in [-0.39, 0.29) is 5.11 Å². The Balaban J connectivity index is 1.79. The molecule has 0 aliphatic carbocycles. The Bertz CT molecular complexity index is 717. The van der Waals surface area contributed by atoms with E-state index in [1.807, 2.05) is 30.3 Å². The van der Waals surface area contributed by atoms with E-state index < -0.39 is 0 Å². The van der Waals surface area contributed by atoms with Crippen molar-refractivity contribution in [2.24, 2.45) is 5.84 Å². The number of anilines is 2. The fourth-order valence-electron chi connectivity index (χ4n) is 2.51. The van der Waals surface area contributed by atoms with Gasteiger partial charge in [0.05, 0.1) is 13.2 Å². The molecule has 10 nitrogen and oxygen atoms in total. The maximum Gasteiger partial charge on any atom is 0.248 e. The Morgan fingerprint density at radius 2 is 2.04 bits per heavy atom. The second-order valence-corrected chi connectivity index (χ2v) is 6.08. The Kier molecular flexibility index (Phi) is 6.04. The van der Waals surface area contributed by atoms with Gasteiger partial charge in [0.25, 0.3) is 0 Å². The summed E-state index contributed by atoms with van der Waals surface area (Å²) in [6.07, 6.45) is 0. The average molecular weight is 377 g/mol. The molecular formula is C15H23N9OS. The summed E-state index contributed by atoms with van der Waals surface area (Å²) in [5.74, 6) is 6.55. The van der Waals surface area contributed by atoms with Crippen LogP contribution < -0.4 is 32.0 Å². The van der Waals surface area contributed by atoms with Crippen LogP contribution in [0.5, 0.6) is 0 Å². The van der Waals surface area contributed by atoms with Gasteiger partial charge in [-0.25, -0.2) is 11.0 Å². The molecule has 0 bridgehead atoms. The van der Waals surface area contributed by atoms with Gasteiger partial charge in [0, 0.05) is 26.7 Å². The zero-order chi connectivity index (χ0) is 18.4. The van der Waals surface area contributed by atoms with Crippen LogP contribution in [0, 0.1) is 0 Å². The lowest BCUT2D eigenvalue weighted by Gasteiger charge is -2.25. The molecule has 0 amide bonds. The van der Waals surface area contributed by atoms with E-state index in [1.165, 1.54) is 0 Å². The highest BCUT2D eigenvalue weighted by molar-refractivity contribution is 7.80. The molecule has 1 aliphatic heterocycles. The number of hydrogen-bond donors (Lipinski definition) is 4. The minimum Gasteiger partial charge on any atom is -0.378 e. The first-order valence-electron chi connectivity index (χ1n) is 8.26. The van der Waals surface area contributed by atoms with Crippen LogP contribution in [0.25, 0.3) is 0 Å². The summed E-state index contributed by atoms with van der Waals surface area (Å²) in [5, 5.41) is 9.77. The standard InChI is InChI=1S/C15H23N9OS/c1-22(21-15(26)19-16)24-13(17-11-12-5-3-2-4-6-12)18-14(20-24)23-7-9-25-10-8-23/h2-6H,7-11,16H2,1H3,(H,17,18,20)(H2,19,21,26).